The monoisotopic (exact) mass is 615 g/mol. The molecule has 0 atom stereocenters. The molecule has 1 nitrogen and oxygen atoms in total. The van der Waals surface area contributed by atoms with Gasteiger partial charge in [-0.25, -0.2) is 0 Å². The summed E-state index contributed by atoms with van der Waals surface area (Å²) in [6.45, 7) is -0.738. The van der Waals surface area contributed by atoms with Crippen molar-refractivity contribution in [2.45, 2.75) is 64.5 Å². The largest absolute Gasteiger partial charge is 0.456 e. The predicted octanol–water partition coefficient (Wildman–Crippen LogP) is 13.0. The van der Waals surface area contributed by atoms with Gasteiger partial charge in [0.15, 0.2) is 0 Å². The summed E-state index contributed by atoms with van der Waals surface area (Å²) in [6.07, 6.45) is 3.10. The van der Waals surface area contributed by atoms with Crippen LogP contribution in [0.4, 0.5) is 0 Å². The van der Waals surface area contributed by atoms with E-state index in [4.69, 9.17) is 13.0 Å². The maximum atomic E-state index is 10.1. The molecule has 0 amide bonds. The van der Waals surface area contributed by atoms with Crippen molar-refractivity contribution in [2.75, 3.05) is 0 Å². The minimum absolute atomic E-state index is 0.139. The maximum Gasteiger partial charge on any atom is 0.139 e. The van der Waals surface area contributed by atoms with Crippen molar-refractivity contribution in [3.05, 3.63) is 143 Å². The van der Waals surface area contributed by atoms with Gasteiger partial charge in [0.2, 0.25) is 0 Å². The van der Waals surface area contributed by atoms with Crippen molar-refractivity contribution >= 4 is 0 Å². The van der Waals surface area contributed by atoms with Crippen LogP contribution in [0.2, 0.25) is 0 Å². The lowest BCUT2D eigenvalue weighted by molar-refractivity contribution is 0.419. The van der Waals surface area contributed by atoms with Crippen molar-refractivity contribution < 1.29 is 14.3 Å². The van der Waals surface area contributed by atoms with Crippen molar-refractivity contribution in [3.8, 4) is 67.1 Å². The third kappa shape index (κ3) is 4.29. The molecule has 0 unspecified atom stereocenters. The Morgan fingerprint density at radius 1 is 0.596 bits per heavy atom. The number of hydrogen-bond acceptors (Lipinski definition) is 1. The molecule has 1 aliphatic heterocycles. The molecule has 0 bridgehead atoms. The quantitative estimate of drug-likeness (QED) is 0.188. The molecule has 0 aromatic heterocycles. The molecule has 2 aliphatic carbocycles. The summed E-state index contributed by atoms with van der Waals surface area (Å²) in [4.78, 5) is 0. The fraction of sp³-hybridized carbons (Fsp3) is 0.217. The number of rotatable bonds is 2. The van der Waals surface area contributed by atoms with Gasteiger partial charge in [-0.3, -0.25) is 0 Å². The molecule has 9 rings (SSSR count). The van der Waals surface area contributed by atoms with E-state index in [2.05, 4.69) is 92.7 Å². The zero-order valence-electron chi connectivity index (χ0n) is 33.7. The smallest absolute Gasteiger partial charge is 0.139 e. The van der Waals surface area contributed by atoms with Gasteiger partial charge in [-0.15, -0.1) is 0 Å². The van der Waals surface area contributed by atoms with Crippen LogP contribution in [-0.4, -0.2) is 0 Å². The number of aryl methyl sites for hydroxylation is 2. The second kappa shape index (κ2) is 10.6. The number of ether oxygens (including phenoxy) is 1. The van der Waals surface area contributed by atoms with E-state index < -0.39 is 25.0 Å². The maximum absolute atomic E-state index is 10.1. The second-order valence-corrected chi connectivity index (χ2v) is 13.7. The summed E-state index contributed by atoms with van der Waals surface area (Å²) in [7, 11) is 0. The Kier molecular flexibility index (Phi) is 4.91. The zero-order chi connectivity index (χ0) is 37.8. The normalized spacial score (nSPS) is 19.0. The van der Waals surface area contributed by atoms with Gasteiger partial charge in [0, 0.05) is 31.7 Å². The van der Waals surface area contributed by atoms with Crippen molar-refractivity contribution in [1.29, 1.82) is 0 Å². The van der Waals surface area contributed by atoms with Gasteiger partial charge < -0.3 is 4.74 Å². The van der Waals surface area contributed by atoms with Crippen LogP contribution >= 0.6 is 0 Å². The lowest BCUT2D eigenvalue weighted by Crippen LogP contribution is -2.25. The number of fused-ring (bicyclic) bond motifs is 10. The topological polar surface area (TPSA) is 9.23 Å². The predicted molar refractivity (Wildman–Crippen MR) is 197 cm³/mol. The van der Waals surface area contributed by atoms with E-state index in [0.29, 0.717) is 35.5 Å². The zero-order valence-corrected chi connectivity index (χ0v) is 26.7. The first-order valence-corrected chi connectivity index (χ1v) is 16.7. The van der Waals surface area contributed by atoms with E-state index in [-0.39, 0.29) is 11.1 Å². The Labute approximate surface area is 288 Å². The van der Waals surface area contributed by atoms with Crippen molar-refractivity contribution in [1.82, 2.24) is 0 Å². The first-order chi connectivity index (χ1) is 25.7. The van der Waals surface area contributed by atoms with E-state index in [0.717, 1.165) is 74.0 Å². The van der Waals surface area contributed by atoms with Gasteiger partial charge in [-0.1, -0.05) is 124 Å². The Bertz CT molecular complexity index is 2500. The molecule has 1 heterocycles. The highest BCUT2D eigenvalue weighted by Crippen LogP contribution is 2.56. The van der Waals surface area contributed by atoms with Crippen LogP contribution in [0.25, 0.3) is 55.6 Å². The Morgan fingerprint density at radius 2 is 1.15 bits per heavy atom. The molecule has 6 aromatic rings. The van der Waals surface area contributed by atoms with Crippen LogP contribution in [0.15, 0.2) is 115 Å². The van der Waals surface area contributed by atoms with Crippen LogP contribution in [0.1, 0.15) is 82.8 Å². The molecular weight excluding hydrogens is 569 g/mol. The fourth-order valence-electron chi connectivity index (χ4n) is 8.30. The molecule has 1 fully saturated rings. The van der Waals surface area contributed by atoms with Gasteiger partial charge >= 0.3 is 0 Å². The number of benzene rings is 6. The van der Waals surface area contributed by atoms with Crippen molar-refractivity contribution in [2.24, 2.45) is 0 Å². The second-order valence-electron chi connectivity index (χ2n) is 13.7. The van der Waals surface area contributed by atoms with Gasteiger partial charge in [0.25, 0.3) is 0 Å². The van der Waals surface area contributed by atoms with Gasteiger partial charge in [-0.05, 0) is 117 Å². The van der Waals surface area contributed by atoms with Crippen LogP contribution in [-0.2, 0) is 5.41 Å². The van der Waals surface area contributed by atoms with E-state index in [1.165, 1.54) is 0 Å². The molecule has 3 aliphatic rings. The highest BCUT2D eigenvalue weighted by molar-refractivity contribution is 6.04. The van der Waals surface area contributed by atoms with Crippen LogP contribution in [0.5, 0.6) is 11.5 Å². The molecule has 47 heavy (non-hydrogen) atoms. The molecule has 6 aromatic carbocycles. The molecule has 0 saturated heterocycles. The molecule has 230 valence electrons. The molecule has 1 saturated carbocycles. The first kappa shape index (κ1) is 21.8. The Balaban J connectivity index is 1.42. The van der Waals surface area contributed by atoms with Crippen molar-refractivity contribution in [3.63, 3.8) is 0 Å². The minimum atomic E-state index is -2.52. The highest BCUT2D eigenvalue weighted by Gasteiger charge is 2.37. The minimum Gasteiger partial charge on any atom is -0.456 e. The molecule has 1 heteroatoms. The Hall–Kier alpha value is -4.88. The van der Waals surface area contributed by atoms with Gasteiger partial charge in [-0.2, -0.15) is 0 Å². The van der Waals surface area contributed by atoms with Crippen LogP contribution in [0, 0.1) is 13.7 Å². The SMILES string of the molecule is [2H]C([2H])([2H])c1ccc2c(c1)Oc1c(ccc(C([2H])([2H])[2H])c1-c1cc3c(cc1C1([2H])CCCC1)-c1ccccc1-c1ccccc1-c1ccccc1-3)C2(C)C. The van der Waals surface area contributed by atoms with Gasteiger partial charge in [0.1, 0.15) is 11.5 Å². The van der Waals surface area contributed by atoms with E-state index >= 15 is 0 Å². The highest BCUT2D eigenvalue weighted by atomic mass is 16.5. The van der Waals surface area contributed by atoms with E-state index in [1.807, 2.05) is 18.2 Å². The summed E-state index contributed by atoms with van der Waals surface area (Å²) in [5, 5.41) is 0. The summed E-state index contributed by atoms with van der Waals surface area (Å²) in [6, 6.07) is 38.1. The van der Waals surface area contributed by atoms with Crippen LogP contribution in [0.3, 0.4) is 0 Å². The molecule has 0 radical (unpaired) electrons. The van der Waals surface area contributed by atoms with Gasteiger partial charge in [0.05, 0.1) is 0 Å². The summed E-state index contributed by atoms with van der Waals surface area (Å²) in [5.41, 5.74) is 11.6. The summed E-state index contributed by atoms with van der Waals surface area (Å²) in [5.74, 6) is -0.170. The summed E-state index contributed by atoms with van der Waals surface area (Å²) >= 11 is 0. The van der Waals surface area contributed by atoms with E-state index in [9.17, 15) is 1.37 Å². The lowest BCUT2D eigenvalue weighted by Gasteiger charge is -2.36. The molecule has 0 spiro atoms. The number of hydrogen-bond donors (Lipinski definition) is 0. The lowest BCUT2D eigenvalue weighted by atomic mass is 9.73. The average molecular weight is 616 g/mol. The first-order valence-electron chi connectivity index (χ1n) is 20.2. The average Bonchev–Trinajstić information content (AvgIpc) is 3.59. The standard InChI is InChI=1S/C46H40O/c1-28-21-23-41-43(25-28)47-45-42(46(41,3)4)24-22-29(2)44(45)40-27-39-36-20-12-10-18-34(36)32-16-8-7-15-31(32)33-17-9-11-19-35(33)38(39)26-37(40)30-13-5-6-14-30/h7-12,15-27,30H,5-6,13-14H2,1-4H3/i1D3,2D3,30D. The Morgan fingerprint density at radius 3 is 1.72 bits per heavy atom. The fourth-order valence-corrected chi connectivity index (χ4v) is 8.30. The van der Waals surface area contributed by atoms with E-state index in [1.54, 1.807) is 18.2 Å². The molecule has 0 N–H and O–H groups in total. The summed E-state index contributed by atoms with van der Waals surface area (Å²) < 4.78 is 67.9. The molecular formula is C46H40O. The third-order valence-corrected chi connectivity index (χ3v) is 10.7. The third-order valence-electron chi connectivity index (χ3n) is 10.7. The van der Waals surface area contributed by atoms with Crippen LogP contribution < -0.4 is 4.74 Å².